The summed E-state index contributed by atoms with van der Waals surface area (Å²) in [5.41, 5.74) is 5.41. The molecule has 19 heavy (non-hydrogen) atoms. The van der Waals surface area contributed by atoms with Gasteiger partial charge in [0.1, 0.15) is 12.4 Å². The summed E-state index contributed by atoms with van der Waals surface area (Å²) in [5.74, 6) is 0.968. The van der Waals surface area contributed by atoms with Gasteiger partial charge in [-0.1, -0.05) is 48.0 Å². The third-order valence-electron chi connectivity index (χ3n) is 3.55. The molecular formula is C18H18O. The Bertz CT molecular complexity index is 596. The molecule has 1 aliphatic carbocycles. The molecule has 0 bridgehead atoms. The fourth-order valence-corrected chi connectivity index (χ4v) is 2.44. The first-order valence-corrected chi connectivity index (χ1v) is 6.78. The van der Waals surface area contributed by atoms with Crippen LogP contribution in [0.3, 0.4) is 0 Å². The largest absolute Gasteiger partial charge is 0.489 e. The van der Waals surface area contributed by atoms with Gasteiger partial charge in [-0.3, -0.25) is 0 Å². The van der Waals surface area contributed by atoms with E-state index in [1.54, 1.807) is 0 Å². The lowest BCUT2D eigenvalue weighted by Crippen LogP contribution is -2.00. The van der Waals surface area contributed by atoms with Crippen molar-refractivity contribution in [3.05, 3.63) is 70.8 Å². The lowest BCUT2D eigenvalue weighted by Gasteiger charge is -2.15. The number of allylic oxidation sites excluding steroid dienone is 1. The molecule has 96 valence electrons. The number of hydrogen-bond donors (Lipinski definition) is 0. The Labute approximate surface area is 114 Å². The van der Waals surface area contributed by atoms with E-state index < -0.39 is 0 Å². The van der Waals surface area contributed by atoms with Crippen molar-refractivity contribution in [1.82, 2.24) is 0 Å². The van der Waals surface area contributed by atoms with Crippen LogP contribution in [0.25, 0.3) is 6.08 Å². The van der Waals surface area contributed by atoms with Crippen LogP contribution in [-0.4, -0.2) is 0 Å². The smallest absolute Gasteiger partial charge is 0.120 e. The Morgan fingerprint density at radius 2 is 1.84 bits per heavy atom. The molecular weight excluding hydrogens is 232 g/mol. The van der Waals surface area contributed by atoms with Crippen molar-refractivity contribution in [2.24, 2.45) is 0 Å². The highest BCUT2D eigenvalue weighted by Gasteiger charge is 2.08. The number of aryl methyl sites for hydroxylation is 1. The predicted molar refractivity (Wildman–Crippen MR) is 79.2 cm³/mol. The number of benzene rings is 2. The third-order valence-corrected chi connectivity index (χ3v) is 3.55. The van der Waals surface area contributed by atoms with Crippen molar-refractivity contribution in [3.63, 3.8) is 0 Å². The van der Waals surface area contributed by atoms with Crippen LogP contribution in [0.2, 0.25) is 0 Å². The first-order valence-electron chi connectivity index (χ1n) is 6.78. The van der Waals surface area contributed by atoms with Gasteiger partial charge >= 0.3 is 0 Å². The molecule has 2 aromatic rings. The molecule has 0 amide bonds. The monoisotopic (exact) mass is 250 g/mol. The van der Waals surface area contributed by atoms with E-state index in [0.717, 1.165) is 18.6 Å². The summed E-state index contributed by atoms with van der Waals surface area (Å²) in [6, 6.07) is 16.7. The van der Waals surface area contributed by atoms with Crippen molar-refractivity contribution in [3.8, 4) is 5.75 Å². The van der Waals surface area contributed by atoms with Crippen LogP contribution >= 0.6 is 0 Å². The molecule has 0 aromatic heterocycles. The van der Waals surface area contributed by atoms with E-state index in [0.29, 0.717) is 6.61 Å². The van der Waals surface area contributed by atoms with E-state index in [-0.39, 0.29) is 0 Å². The number of ether oxygens (including phenoxy) is 1. The zero-order valence-corrected chi connectivity index (χ0v) is 11.2. The van der Waals surface area contributed by atoms with Crippen LogP contribution in [-0.2, 0) is 13.0 Å². The van der Waals surface area contributed by atoms with E-state index in [2.05, 4.69) is 43.3 Å². The molecule has 0 radical (unpaired) electrons. The molecule has 0 atom stereocenters. The van der Waals surface area contributed by atoms with Crippen molar-refractivity contribution < 1.29 is 4.74 Å². The van der Waals surface area contributed by atoms with Gasteiger partial charge in [0, 0.05) is 0 Å². The van der Waals surface area contributed by atoms with Crippen molar-refractivity contribution >= 4 is 6.08 Å². The predicted octanol–water partition coefficient (Wildman–Crippen LogP) is 4.62. The molecule has 1 aliphatic rings. The van der Waals surface area contributed by atoms with Gasteiger partial charge < -0.3 is 4.74 Å². The normalized spacial score (nSPS) is 13.6. The minimum atomic E-state index is 0.633. The van der Waals surface area contributed by atoms with E-state index in [9.17, 15) is 0 Å². The maximum absolute atomic E-state index is 5.86. The highest BCUT2D eigenvalue weighted by molar-refractivity contribution is 5.60. The van der Waals surface area contributed by atoms with E-state index in [4.69, 9.17) is 4.74 Å². The summed E-state index contributed by atoms with van der Waals surface area (Å²) >= 11 is 0. The molecule has 0 spiro atoms. The molecule has 1 nitrogen and oxygen atoms in total. The Hall–Kier alpha value is -2.02. The molecule has 3 rings (SSSR count). The van der Waals surface area contributed by atoms with Crippen LogP contribution in [0, 0.1) is 0 Å². The summed E-state index contributed by atoms with van der Waals surface area (Å²) in [4.78, 5) is 0. The molecule has 0 fully saturated rings. The molecule has 0 N–H and O–H groups in total. The zero-order chi connectivity index (χ0) is 13.1. The highest BCUT2D eigenvalue weighted by atomic mass is 16.5. The highest BCUT2D eigenvalue weighted by Crippen LogP contribution is 2.27. The minimum Gasteiger partial charge on any atom is -0.489 e. The van der Waals surface area contributed by atoms with Gasteiger partial charge in [-0.25, -0.2) is 0 Å². The van der Waals surface area contributed by atoms with Gasteiger partial charge in [-0.15, -0.1) is 0 Å². The van der Waals surface area contributed by atoms with E-state index >= 15 is 0 Å². The Kier molecular flexibility index (Phi) is 3.37. The minimum absolute atomic E-state index is 0.633. The average molecular weight is 250 g/mol. The summed E-state index contributed by atoms with van der Waals surface area (Å²) in [6.07, 6.45) is 4.56. The molecule has 0 heterocycles. The van der Waals surface area contributed by atoms with Crippen LogP contribution in [0.1, 0.15) is 30.0 Å². The molecule has 0 saturated heterocycles. The molecule has 2 aromatic carbocycles. The van der Waals surface area contributed by atoms with Crippen LogP contribution in [0.4, 0.5) is 0 Å². The second kappa shape index (κ2) is 5.31. The molecule has 0 aliphatic heterocycles. The number of fused-ring (bicyclic) bond motifs is 1. The van der Waals surface area contributed by atoms with Gasteiger partial charge in [0.2, 0.25) is 0 Å². The summed E-state index contributed by atoms with van der Waals surface area (Å²) < 4.78 is 5.86. The van der Waals surface area contributed by atoms with Crippen LogP contribution in [0.15, 0.2) is 54.1 Å². The van der Waals surface area contributed by atoms with Gasteiger partial charge in [0.25, 0.3) is 0 Å². The topological polar surface area (TPSA) is 9.23 Å². The lowest BCUT2D eigenvalue weighted by atomic mass is 9.93. The maximum Gasteiger partial charge on any atom is 0.120 e. The fourth-order valence-electron chi connectivity index (χ4n) is 2.44. The first kappa shape index (κ1) is 12.0. The summed E-state index contributed by atoms with van der Waals surface area (Å²) in [5, 5.41) is 0. The van der Waals surface area contributed by atoms with Gasteiger partial charge in [0.05, 0.1) is 0 Å². The Balaban J connectivity index is 1.73. The van der Waals surface area contributed by atoms with Gasteiger partial charge in [0.15, 0.2) is 0 Å². The third kappa shape index (κ3) is 2.87. The van der Waals surface area contributed by atoms with Crippen molar-refractivity contribution in [2.75, 3.05) is 0 Å². The van der Waals surface area contributed by atoms with Crippen LogP contribution < -0.4 is 4.74 Å². The second-order valence-corrected chi connectivity index (χ2v) is 5.13. The Morgan fingerprint density at radius 3 is 2.68 bits per heavy atom. The summed E-state index contributed by atoms with van der Waals surface area (Å²) in [7, 11) is 0. The van der Waals surface area contributed by atoms with E-state index in [1.165, 1.54) is 22.3 Å². The standard InChI is InChI=1S/C18H18O/c1-14-7-8-17-12-18(10-9-16(17)11-14)19-13-15-5-3-2-4-6-15/h2-6,9-12H,7-8,13H2,1H3. The quantitative estimate of drug-likeness (QED) is 0.772. The Morgan fingerprint density at radius 1 is 1.00 bits per heavy atom. The van der Waals surface area contributed by atoms with Crippen LogP contribution in [0.5, 0.6) is 5.75 Å². The fraction of sp³-hybridized carbons (Fsp3) is 0.222. The molecule has 1 heteroatoms. The first-order chi connectivity index (χ1) is 9.31. The second-order valence-electron chi connectivity index (χ2n) is 5.13. The number of hydrogen-bond acceptors (Lipinski definition) is 1. The van der Waals surface area contributed by atoms with Crippen molar-refractivity contribution in [1.29, 1.82) is 0 Å². The van der Waals surface area contributed by atoms with Gasteiger partial charge in [-0.2, -0.15) is 0 Å². The van der Waals surface area contributed by atoms with E-state index in [1.807, 2.05) is 18.2 Å². The molecule has 0 unspecified atom stereocenters. The zero-order valence-electron chi connectivity index (χ0n) is 11.2. The number of rotatable bonds is 3. The molecule has 0 saturated carbocycles. The maximum atomic E-state index is 5.86. The van der Waals surface area contributed by atoms with Crippen molar-refractivity contribution in [2.45, 2.75) is 26.4 Å². The SMILES string of the molecule is CC1=Cc2ccc(OCc3ccccc3)cc2CC1. The summed E-state index contributed by atoms with van der Waals surface area (Å²) in [6.45, 7) is 2.83. The lowest BCUT2D eigenvalue weighted by molar-refractivity contribution is 0.306. The average Bonchev–Trinajstić information content (AvgIpc) is 2.46. The van der Waals surface area contributed by atoms with Gasteiger partial charge in [-0.05, 0) is 48.6 Å².